The largest absolute Gasteiger partial charge is 0.323 e. The lowest BCUT2D eigenvalue weighted by Gasteiger charge is -2.16. The smallest absolute Gasteiger partial charge is 0.247 e. The summed E-state index contributed by atoms with van der Waals surface area (Å²) in [6.45, 7) is 4.45. The molecule has 1 unspecified atom stereocenters. The number of hydrazine groups is 1. The van der Waals surface area contributed by atoms with Crippen LogP contribution < -0.4 is 16.2 Å². The first-order valence-corrected chi connectivity index (χ1v) is 6.03. The van der Waals surface area contributed by atoms with E-state index in [1.54, 1.807) is 0 Å². The van der Waals surface area contributed by atoms with Gasteiger partial charge in [-0.1, -0.05) is 18.7 Å². The number of hydrogen-bond acceptors (Lipinski definition) is 3. The molecule has 3 N–H and O–H groups in total. The van der Waals surface area contributed by atoms with E-state index in [-0.39, 0.29) is 5.91 Å². The normalized spacial score (nSPS) is 20.8. The van der Waals surface area contributed by atoms with Gasteiger partial charge in [-0.15, -0.1) is 0 Å². The van der Waals surface area contributed by atoms with Crippen LogP contribution in [0.1, 0.15) is 12.0 Å². The number of benzene rings is 1. The Bertz CT molecular complexity index is 530. The fourth-order valence-corrected chi connectivity index (χ4v) is 2.22. The summed E-state index contributed by atoms with van der Waals surface area (Å²) < 4.78 is 0. The lowest BCUT2D eigenvalue weighted by Crippen LogP contribution is -2.34. The molecule has 4 nitrogen and oxygen atoms in total. The number of anilines is 1. The number of nitrogens with one attached hydrogen (secondary N) is 3. The molecule has 92 valence electrons. The fraction of sp³-hybridized carbons (Fsp3) is 0.214. The van der Waals surface area contributed by atoms with Crippen LogP contribution in [-0.2, 0) is 4.79 Å². The zero-order chi connectivity index (χ0) is 12.5. The van der Waals surface area contributed by atoms with Gasteiger partial charge >= 0.3 is 0 Å². The number of carbonyl (C=O) groups excluding carboxylic acids is 1. The minimum Gasteiger partial charge on any atom is -0.323 e. The topological polar surface area (TPSA) is 53.2 Å². The predicted molar refractivity (Wildman–Crippen MR) is 71.4 cm³/mol. The predicted octanol–water partition coefficient (Wildman–Crippen LogP) is 1.65. The standard InChI is InChI=1S/C14H15N3O/c1-2-13(18)16-11-5-3-9(4-6-11)14-12-7-10(12)8-15-17-14/h2-6,10,15,17H,1,7-8H2,(H,16,18). The summed E-state index contributed by atoms with van der Waals surface area (Å²) in [7, 11) is 0. The van der Waals surface area contributed by atoms with E-state index >= 15 is 0 Å². The highest BCUT2D eigenvalue weighted by Crippen LogP contribution is 2.43. The molecule has 1 aromatic rings. The zero-order valence-corrected chi connectivity index (χ0v) is 9.99. The van der Waals surface area contributed by atoms with Gasteiger partial charge in [0.1, 0.15) is 0 Å². The van der Waals surface area contributed by atoms with Crippen molar-refractivity contribution < 1.29 is 4.79 Å². The molecular formula is C14H15N3O. The second-order valence-corrected chi connectivity index (χ2v) is 4.58. The van der Waals surface area contributed by atoms with Gasteiger partial charge in [0.2, 0.25) is 5.91 Å². The van der Waals surface area contributed by atoms with Crippen molar-refractivity contribution in [3.63, 3.8) is 0 Å². The van der Waals surface area contributed by atoms with Crippen molar-refractivity contribution in [2.75, 3.05) is 11.9 Å². The molecule has 3 rings (SSSR count). The lowest BCUT2D eigenvalue weighted by molar-refractivity contribution is -0.111. The Labute approximate surface area is 106 Å². The van der Waals surface area contributed by atoms with Crippen LogP contribution in [0.3, 0.4) is 0 Å². The minimum atomic E-state index is -0.190. The molecule has 1 heterocycles. The van der Waals surface area contributed by atoms with E-state index in [0.29, 0.717) is 5.92 Å². The third kappa shape index (κ3) is 2.02. The SMILES string of the molecule is C=CC(=O)Nc1ccc(C2=C3CC3CNN2)cc1. The molecule has 1 amide bonds. The Hall–Kier alpha value is -2.07. The van der Waals surface area contributed by atoms with Crippen LogP contribution >= 0.6 is 0 Å². The lowest BCUT2D eigenvalue weighted by atomic mass is 10.1. The summed E-state index contributed by atoms with van der Waals surface area (Å²) in [5.74, 6) is 0.519. The van der Waals surface area contributed by atoms with Crippen molar-refractivity contribution in [3.8, 4) is 0 Å². The van der Waals surface area contributed by atoms with E-state index in [1.807, 2.05) is 24.3 Å². The van der Waals surface area contributed by atoms with Gasteiger partial charge in [0, 0.05) is 18.2 Å². The zero-order valence-electron chi connectivity index (χ0n) is 9.99. The Morgan fingerprint density at radius 3 is 2.89 bits per heavy atom. The molecule has 1 aliphatic heterocycles. The highest BCUT2D eigenvalue weighted by atomic mass is 16.1. The van der Waals surface area contributed by atoms with Crippen LogP contribution in [0.4, 0.5) is 5.69 Å². The van der Waals surface area contributed by atoms with E-state index in [2.05, 4.69) is 22.7 Å². The maximum Gasteiger partial charge on any atom is 0.247 e. The van der Waals surface area contributed by atoms with Gasteiger partial charge in [0.25, 0.3) is 0 Å². The van der Waals surface area contributed by atoms with Gasteiger partial charge in [-0.3, -0.25) is 4.79 Å². The molecule has 4 heteroatoms. The summed E-state index contributed by atoms with van der Waals surface area (Å²) in [6, 6.07) is 7.82. The number of fused-ring (bicyclic) bond motifs is 1. The van der Waals surface area contributed by atoms with Crippen molar-refractivity contribution in [2.45, 2.75) is 6.42 Å². The van der Waals surface area contributed by atoms with Gasteiger partial charge in [-0.2, -0.15) is 0 Å². The number of rotatable bonds is 3. The van der Waals surface area contributed by atoms with Gasteiger partial charge in [-0.25, -0.2) is 5.43 Å². The summed E-state index contributed by atoms with van der Waals surface area (Å²) in [4.78, 5) is 11.2. The van der Waals surface area contributed by atoms with Crippen LogP contribution in [0.25, 0.3) is 5.70 Å². The average molecular weight is 241 g/mol. The fourth-order valence-electron chi connectivity index (χ4n) is 2.22. The quantitative estimate of drug-likeness (QED) is 0.705. The molecule has 1 aromatic carbocycles. The van der Waals surface area contributed by atoms with Crippen molar-refractivity contribution in [3.05, 3.63) is 48.1 Å². The highest BCUT2D eigenvalue weighted by molar-refractivity contribution is 5.98. The molecular weight excluding hydrogens is 226 g/mol. The number of amides is 1. The van der Waals surface area contributed by atoms with Crippen LogP contribution in [-0.4, -0.2) is 12.5 Å². The summed E-state index contributed by atoms with van der Waals surface area (Å²) in [5, 5.41) is 2.73. The summed E-state index contributed by atoms with van der Waals surface area (Å²) in [5.41, 5.74) is 11.0. The van der Waals surface area contributed by atoms with Crippen LogP contribution in [0.5, 0.6) is 0 Å². The second-order valence-electron chi connectivity index (χ2n) is 4.58. The minimum absolute atomic E-state index is 0.190. The van der Waals surface area contributed by atoms with E-state index in [0.717, 1.165) is 17.8 Å². The van der Waals surface area contributed by atoms with Crippen molar-refractivity contribution in [1.29, 1.82) is 0 Å². The van der Waals surface area contributed by atoms with Crippen LogP contribution in [0.15, 0.2) is 42.5 Å². The first-order chi connectivity index (χ1) is 8.78. The van der Waals surface area contributed by atoms with E-state index in [4.69, 9.17) is 0 Å². The van der Waals surface area contributed by atoms with Gasteiger partial charge in [0.15, 0.2) is 0 Å². The molecule has 0 bridgehead atoms. The second kappa shape index (κ2) is 4.31. The van der Waals surface area contributed by atoms with Gasteiger partial charge < -0.3 is 10.7 Å². The Morgan fingerprint density at radius 1 is 1.39 bits per heavy atom. The highest BCUT2D eigenvalue weighted by Gasteiger charge is 2.35. The van der Waals surface area contributed by atoms with E-state index in [9.17, 15) is 4.79 Å². The summed E-state index contributed by atoms with van der Waals surface area (Å²) >= 11 is 0. The molecule has 0 spiro atoms. The molecule has 18 heavy (non-hydrogen) atoms. The van der Waals surface area contributed by atoms with Crippen molar-refractivity contribution in [2.24, 2.45) is 5.92 Å². The first kappa shape index (κ1) is 11.0. The first-order valence-electron chi connectivity index (χ1n) is 6.03. The third-order valence-corrected chi connectivity index (χ3v) is 3.31. The van der Waals surface area contributed by atoms with Crippen LogP contribution in [0.2, 0.25) is 0 Å². The maximum atomic E-state index is 11.2. The molecule has 1 atom stereocenters. The number of hydrogen-bond donors (Lipinski definition) is 3. The summed E-state index contributed by atoms with van der Waals surface area (Å²) in [6.07, 6.45) is 2.45. The molecule has 1 saturated carbocycles. The molecule has 0 saturated heterocycles. The molecule has 1 aliphatic carbocycles. The monoisotopic (exact) mass is 241 g/mol. The van der Waals surface area contributed by atoms with Crippen molar-refractivity contribution in [1.82, 2.24) is 10.9 Å². The van der Waals surface area contributed by atoms with Crippen molar-refractivity contribution >= 4 is 17.3 Å². The maximum absolute atomic E-state index is 11.2. The van der Waals surface area contributed by atoms with Gasteiger partial charge in [0.05, 0.1) is 5.70 Å². The molecule has 1 fully saturated rings. The van der Waals surface area contributed by atoms with Gasteiger partial charge in [-0.05, 0) is 35.8 Å². The number of carbonyl (C=O) groups is 1. The average Bonchev–Trinajstić information content (AvgIpc) is 3.18. The molecule has 0 aromatic heterocycles. The Balaban J connectivity index is 1.79. The molecule has 0 radical (unpaired) electrons. The van der Waals surface area contributed by atoms with E-state index < -0.39 is 0 Å². The van der Waals surface area contributed by atoms with E-state index in [1.165, 1.54) is 23.8 Å². The Morgan fingerprint density at radius 2 is 2.17 bits per heavy atom. The third-order valence-electron chi connectivity index (χ3n) is 3.31. The molecule has 2 aliphatic rings. The van der Waals surface area contributed by atoms with Crippen LogP contribution in [0, 0.1) is 5.92 Å². The Kier molecular flexibility index (Phi) is 2.64.